The molecule has 0 atom stereocenters. The Labute approximate surface area is 145 Å². The van der Waals surface area contributed by atoms with Crippen molar-refractivity contribution in [2.45, 2.75) is 33.1 Å². The second-order valence-corrected chi connectivity index (χ2v) is 6.01. The first-order chi connectivity index (χ1) is 12.0. The van der Waals surface area contributed by atoms with Gasteiger partial charge in [-0.25, -0.2) is 9.69 Å². The Morgan fingerprint density at radius 3 is 2.32 bits per heavy atom. The molecule has 2 amide bonds. The molecule has 1 aliphatic heterocycles. The van der Waals surface area contributed by atoms with Gasteiger partial charge in [-0.2, -0.15) is 0 Å². The molecule has 1 heterocycles. The van der Waals surface area contributed by atoms with E-state index in [1.807, 2.05) is 32.0 Å². The summed E-state index contributed by atoms with van der Waals surface area (Å²) < 4.78 is 0. The number of para-hydroxylation sites is 1. The summed E-state index contributed by atoms with van der Waals surface area (Å²) in [5.74, 6) is -2.23. The van der Waals surface area contributed by atoms with E-state index in [9.17, 15) is 19.5 Å². The molecule has 5 heteroatoms. The van der Waals surface area contributed by atoms with Crippen molar-refractivity contribution in [3.8, 4) is 0 Å². The number of hydrogen-bond acceptors (Lipinski definition) is 3. The van der Waals surface area contributed by atoms with E-state index < -0.39 is 17.8 Å². The van der Waals surface area contributed by atoms with E-state index >= 15 is 0 Å². The highest BCUT2D eigenvalue weighted by Crippen LogP contribution is 2.35. The average Bonchev–Trinajstić information content (AvgIpc) is 2.86. The Hall–Kier alpha value is -2.95. The number of carboxylic acid groups (broad SMARTS) is 1. The van der Waals surface area contributed by atoms with Gasteiger partial charge in [0.1, 0.15) is 0 Å². The van der Waals surface area contributed by atoms with Gasteiger partial charge < -0.3 is 5.11 Å². The fraction of sp³-hybridized carbons (Fsp3) is 0.250. The number of imide groups is 1. The largest absolute Gasteiger partial charge is 0.478 e. The van der Waals surface area contributed by atoms with Crippen molar-refractivity contribution in [3.63, 3.8) is 0 Å². The minimum absolute atomic E-state index is 0.0200. The van der Waals surface area contributed by atoms with Crippen LogP contribution in [0.15, 0.2) is 36.4 Å². The molecule has 1 aliphatic rings. The molecule has 1 N–H and O–H groups in total. The first-order valence-electron chi connectivity index (χ1n) is 8.37. The van der Waals surface area contributed by atoms with Crippen LogP contribution >= 0.6 is 0 Å². The van der Waals surface area contributed by atoms with Gasteiger partial charge in [0, 0.05) is 0 Å². The smallest absolute Gasteiger partial charge is 0.336 e. The van der Waals surface area contributed by atoms with E-state index in [4.69, 9.17) is 0 Å². The number of carboxylic acids is 1. The lowest BCUT2D eigenvalue weighted by Crippen LogP contribution is -2.31. The molecule has 0 radical (unpaired) electrons. The molecule has 0 spiro atoms. The van der Waals surface area contributed by atoms with E-state index in [-0.39, 0.29) is 16.7 Å². The summed E-state index contributed by atoms with van der Waals surface area (Å²) >= 11 is 0. The molecular weight excluding hydrogens is 318 g/mol. The van der Waals surface area contributed by atoms with Crippen LogP contribution in [0.25, 0.3) is 0 Å². The molecule has 0 saturated carbocycles. The van der Waals surface area contributed by atoms with Crippen molar-refractivity contribution >= 4 is 23.5 Å². The Morgan fingerprint density at radius 1 is 1.00 bits per heavy atom. The van der Waals surface area contributed by atoms with Gasteiger partial charge in [-0.05, 0) is 36.1 Å². The fourth-order valence-corrected chi connectivity index (χ4v) is 3.35. The molecule has 2 aromatic rings. The lowest BCUT2D eigenvalue weighted by Gasteiger charge is -2.21. The van der Waals surface area contributed by atoms with Crippen molar-refractivity contribution in [2.24, 2.45) is 0 Å². The Balaban J connectivity index is 2.22. The molecule has 0 aliphatic carbocycles. The van der Waals surface area contributed by atoms with E-state index in [0.29, 0.717) is 12.1 Å². The highest BCUT2D eigenvalue weighted by molar-refractivity contribution is 6.36. The second-order valence-electron chi connectivity index (χ2n) is 6.01. The van der Waals surface area contributed by atoms with Crippen molar-refractivity contribution < 1.29 is 19.5 Å². The summed E-state index contributed by atoms with van der Waals surface area (Å²) in [5, 5.41) is 9.37. The fourth-order valence-electron chi connectivity index (χ4n) is 3.35. The number of anilines is 1. The van der Waals surface area contributed by atoms with E-state index in [0.717, 1.165) is 28.9 Å². The highest BCUT2D eigenvalue weighted by Gasteiger charge is 2.41. The van der Waals surface area contributed by atoms with Crippen LogP contribution in [0.5, 0.6) is 0 Å². The standard InChI is InChI=1S/C20H19NO4/c1-3-7-13-9-5-8-12(4-2)17(13)21-18(22)14-10-6-11-15(20(24)25)16(14)19(21)23/h5-6,8-11H,3-4,7H2,1-2H3,(H,24,25). The summed E-state index contributed by atoms with van der Waals surface area (Å²) in [4.78, 5) is 38.5. The maximum Gasteiger partial charge on any atom is 0.336 e. The summed E-state index contributed by atoms with van der Waals surface area (Å²) in [6.45, 7) is 4.00. The number of aromatic carboxylic acids is 1. The molecule has 0 fully saturated rings. The molecular formula is C20H19NO4. The van der Waals surface area contributed by atoms with Gasteiger partial charge in [0.2, 0.25) is 0 Å². The van der Waals surface area contributed by atoms with Crippen LogP contribution in [-0.4, -0.2) is 22.9 Å². The monoisotopic (exact) mass is 337 g/mol. The predicted molar refractivity (Wildman–Crippen MR) is 94.4 cm³/mol. The van der Waals surface area contributed by atoms with E-state index in [1.54, 1.807) is 0 Å². The molecule has 128 valence electrons. The van der Waals surface area contributed by atoms with Crippen molar-refractivity contribution in [1.29, 1.82) is 0 Å². The molecule has 3 rings (SSSR count). The lowest BCUT2D eigenvalue weighted by atomic mass is 10.0. The summed E-state index contributed by atoms with van der Waals surface area (Å²) in [6, 6.07) is 10.1. The number of hydrogen-bond donors (Lipinski definition) is 1. The first kappa shape index (κ1) is 16.9. The number of carbonyl (C=O) groups excluding carboxylic acids is 2. The minimum Gasteiger partial charge on any atom is -0.478 e. The van der Waals surface area contributed by atoms with Crippen LogP contribution in [0.2, 0.25) is 0 Å². The zero-order valence-electron chi connectivity index (χ0n) is 14.2. The van der Waals surface area contributed by atoms with Crippen LogP contribution < -0.4 is 4.90 Å². The molecule has 5 nitrogen and oxygen atoms in total. The van der Waals surface area contributed by atoms with Crippen LogP contribution in [0.4, 0.5) is 5.69 Å². The predicted octanol–water partition coefficient (Wildman–Crippen LogP) is 3.70. The number of aryl methyl sites for hydroxylation is 2. The van der Waals surface area contributed by atoms with E-state index in [1.165, 1.54) is 18.2 Å². The van der Waals surface area contributed by atoms with Crippen molar-refractivity contribution in [2.75, 3.05) is 4.90 Å². The van der Waals surface area contributed by atoms with Gasteiger partial charge in [0.15, 0.2) is 0 Å². The molecule has 25 heavy (non-hydrogen) atoms. The Kier molecular flexibility index (Phi) is 4.40. The Bertz CT molecular complexity index is 885. The van der Waals surface area contributed by atoms with Gasteiger partial charge in [0.25, 0.3) is 11.8 Å². The van der Waals surface area contributed by atoms with Crippen LogP contribution in [0.3, 0.4) is 0 Å². The number of carbonyl (C=O) groups is 3. The van der Waals surface area contributed by atoms with Crippen molar-refractivity contribution in [3.05, 3.63) is 64.2 Å². The summed E-state index contributed by atoms with van der Waals surface area (Å²) in [5.41, 5.74) is 2.43. The zero-order valence-corrected chi connectivity index (χ0v) is 14.2. The second kappa shape index (κ2) is 6.51. The zero-order chi connectivity index (χ0) is 18.1. The van der Waals surface area contributed by atoms with Crippen LogP contribution in [0.1, 0.15) is 62.5 Å². The van der Waals surface area contributed by atoms with E-state index in [2.05, 4.69) is 0 Å². The summed E-state index contributed by atoms with van der Waals surface area (Å²) in [7, 11) is 0. The van der Waals surface area contributed by atoms with Gasteiger partial charge in [-0.15, -0.1) is 0 Å². The van der Waals surface area contributed by atoms with Gasteiger partial charge in [-0.1, -0.05) is 44.5 Å². The SMILES string of the molecule is CCCc1cccc(CC)c1N1C(=O)c2cccc(C(=O)O)c2C1=O. The number of rotatable bonds is 5. The molecule has 0 saturated heterocycles. The minimum atomic E-state index is -1.21. The highest BCUT2D eigenvalue weighted by atomic mass is 16.4. The normalized spacial score (nSPS) is 13.3. The number of nitrogens with zero attached hydrogens (tertiary/aromatic N) is 1. The third kappa shape index (κ3) is 2.61. The number of benzene rings is 2. The van der Waals surface area contributed by atoms with Crippen LogP contribution in [-0.2, 0) is 12.8 Å². The van der Waals surface area contributed by atoms with Gasteiger partial charge in [-0.3, -0.25) is 9.59 Å². The van der Waals surface area contributed by atoms with Gasteiger partial charge >= 0.3 is 5.97 Å². The number of fused-ring (bicyclic) bond motifs is 1. The third-order valence-corrected chi connectivity index (χ3v) is 4.47. The molecule has 2 aromatic carbocycles. The Morgan fingerprint density at radius 2 is 1.68 bits per heavy atom. The summed E-state index contributed by atoms with van der Waals surface area (Å²) in [6.07, 6.45) is 2.29. The van der Waals surface area contributed by atoms with Crippen molar-refractivity contribution in [1.82, 2.24) is 0 Å². The molecule has 0 aromatic heterocycles. The number of amides is 2. The topological polar surface area (TPSA) is 74.7 Å². The maximum absolute atomic E-state index is 13.0. The molecule has 0 unspecified atom stereocenters. The van der Waals surface area contributed by atoms with Gasteiger partial charge in [0.05, 0.1) is 22.4 Å². The quantitative estimate of drug-likeness (QED) is 0.844. The third-order valence-electron chi connectivity index (χ3n) is 4.47. The molecule has 0 bridgehead atoms. The first-order valence-corrected chi connectivity index (χ1v) is 8.37. The average molecular weight is 337 g/mol. The maximum atomic E-state index is 13.0. The van der Waals surface area contributed by atoms with Crippen LogP contribution in [0, 0.1) is 0 Å². The lowest BCUT2D eigenvalue weighted by molar-refractivity contribution is 0.0692.